The van der Waals surface area contributed by atoms with Crippen LogP contribution in [0, 0.1) is 0 Å². The summed E-state index contributed by atoms with van der Waals surface area (Å²) in [5, 5.41) is 5.33. The van der Waals surface area contributed by atoms with E-state index in [0.29, 0.717) is 16.8 Å². The van der Waals surface area contributed by atoms with Gasteiger partial charge >= 0.3 is 0 Å². The third kappa shape index (κ3) is 3.39. The Hall–Kier alpha value is -3.51. The molecule has 2 aliphatic heterocycles. The van der Waals surface area contributed by atoms with E-state index in [9.17, 15) is 14.4 Å². The largest absolute Gasteiger partial charge is 0.325 e. The van der Waals surface area contributed by atoms with Gasteiger partial charge < -0.3 is 5.32 Å². The maximum atomic E-state index is 12.8. The van der Waals surface area contributed by atoms with E-state index in [2.05, 4.69) is 46.6 Å². The molecule has 2 aliphatic rings. The minimum atomic E-state index is -0.341. The maximum Gasteiger partial charge on any atom is 0.261 e. The molecule has 1 unspecified atom stereocenters. The van der Waals surface area contributed by atoms with Crippen LogP contribution in [0.1, 0.15) is 45.2 Å². The fraction of sp³-hybridized carbons (Fsp3) is 0.240. The zero-order valence-corrected chi connectivity index (χ0v) is 17.3. The number of imide groups is 1. The first-order valence-corrected chi connectivity index (χ1v) is 10.5. The molecule has 6 heteroatoms. The van der Waals surface area contributed by atoms with Crippen LogP contribution in [0.4, 0.5) is 5.69 Å². The standard InChI is InChI=1S/C25H23N3O3/c1-27-24(30)20-12-11-17(14-21(20)25(27)31)26-23(29)15-28-13-5-10-22(28)19-9-4-7-16-6-2-3-8-18(16)19/h2-4,6-9,11-12,14,22H,5,10,13,15H2,1H3,(H,26,29). The van der Waals surface area contributed by atoms with Crippen LogP contribution in [0.3, 0.4) is 0 Å². The van der Waals surface area contributed by atoms with Gasteiger partial charge in [-0.3, -0.25) is 24.2 Å². The lowest BCUT2D eigenvalue weighted by Crippen LogP contribution is -2.33. The second kappa shape index (κ2) is 7.63. The van der Waals surface area contributed by atoms with Crippen LogP contribution in [-0.4, -0.2) is 47.7 Å². The molecule has 0 radical (unpaired) electrons. The topological polar surface area (TPSA) is 69.7 Å². The summed E-state index contributed by atoms with van der Waals surface area (Å²) in [5.41, 5.74) is 2.50. The minimum Gasteiger partial charge on any atom is -0.325 e. The summed E-state index contributed by atoms with van der Waals surface area (Å²) >= 11 is 0. The molecule has 1 fully saturated rings. The van der Waals surface area contributed by atoms with Crippen molar-refractivity contribution in [3.63, 3.8) is 0 Å². The molecule has 6 nitrogen and oxygen atoms in total. The van der Waals surface area contributed by atoms with Crippen molar-refractivity contribution in [1.29, 1.82) is 0 Å². The van der Waals surface area contributed by atoms with E-state index in [0.717, 1.165) is 24.3 Å². The van der Waals surface area contributed by atoms with E-state index in [1.165, 1.54) is 23.4 Å². The zero-order valence-electron chi connectivity index (χ0n) is 17.3. The molecule has 3 aromatic carbocycles. The third-order valence-corrected chi connectivity index (χ3v) is 6.27. The number of rotatable bonds is 4. The van der Waals surface area contributed by atoms with Crippen molar-refractivity contribution in [2.75, 3.05) is 25.5 Å². The Bertz CT molecular complexity index is 1210. The average molecular weight is 413 g/mol. The van der Waals surface area contributed by atoms with Crippen molar-refractivity contribution in [3.05, 3.63) is 77.4 Å². The highest BCUT2D eigenvalue weighted by Crippen LogP contribution is 2.35. The van der Waals surface area contributed by atoms with E-state index in [1.54, 1.807) is 18.2 Å². The normalized spacial score (nSPS) is 18.6. The first-order valence-electron chi connectivity index (χ1n) is 10.5. The van der Waals surface area contributed by atoms with Gasteiger partial charge in [0.15, 0.2) is 0 Å². The van der Waals surface area contributed by atoms with E-state index >= 15 is 0 Å². The zero-order chi connectivity index (χ0) is 21.5. The van der Waals surface area contributed by atoms with Crippen LogP contribution in [-0.2, 0) is 4.79 Å². The fourth-order valence-corrected chi connectivity index (χ4v) is 4.73. The molecule has 1 atom stereocenters. The highest BCUT2D eigenvalue weighted by atomic mass is 16.2. The molecule has 1 saturated heterocycles. The average Bonchev–Trinajstić information content (AvgIpc) is 3.32. The SMILES string of the molecule is CN1C(=O)c2ccc(NC(=O)CN3CCCC3c3cccc4ccccc34)cc2C1=O. The first kappa shape index (κ1) is 19.5. The van der Waals surface area contributed by atoms with E-state index < -0.39 is 0 Å². The summed E-state index contributed by atoms with van der Waals surface area (Å²) in [6.45, 7) is 1.14. The molecule has 0 bridgehead atoms. The fourth-order valence-electron chi connectivity index (χ4n) is 4.73. The van der Waals surface area contributed by atoms with Gasteiger partial charge in [0.2, 0.25) is 5.91 Å². The van der Waals surface area contributed by atoms with Crippen LogP contribution in [0.25, 0.3) is 10.8 Å². The van der Waals surface area contributed by atoms with Gasteiger partial charge in [0.05, 0.1) is 17.7 Å². The lowest BCUT2D eigenvalue weighted by atomic mass is 9.97. The van der Waals surface area contributed by atoms with Crippen LogP contribution in [0.2, 0.25) is 0 Å². The van der Waals surface area contributed by atoms with Gasteiger partial charge in [-0.15, -0.1) is 0 Å². The molecule has 5 rings (SSSR count). The predicted molar refractivity (Wildman–Crippen MR) is 119 cm³/mol. The molecule has 2 heterocycles. The van der Waals surface area contributed by atoms with Crippen molar-refractivity contribution >= 4 is 34.2 Å². The minimum absolute atomic E-state index is 0.128. The van der Waals surface area contributed by atoms with E-state index in [1.807, 2.05) is 6.07 Å². The summed E-state index contributed by atoms with van der Waals surface area (Å²) in [5.74, 6) is -0.781. The maximum absolute atomic E-state index is 12.8. The van der Waals surface area contributed by atoms with Gasteiger partial charge in [0.25, 0.3) is 11.8 Å². The molecule has 3 amide bonds. The summed E-state index contributed by atoms with van der Waals surface area (Å²) in [6.07, 6.45) is 2.06. The van der Waals surface area contributed by atoms with Gasteiger partial charge in [-0.1, -0.05) is 42.5 Å². The lowest BCUT2D eigenvalue weighted by molar-refractivity contribution is -0.117. The number of carbonyl (C=O) groups is 3. The van der Waals surface area contributed by atoms with Crippen molar-refractivity contribution in [2.45, 2.75) is 18.9 Å². The number of fused-ring (bicyclic) bond motifs is 2. The van der Waals surface area contributed by atoms with Gasteiger partial charge in [-0.2, -0.15) is 0 Å². The highest BCUT2D eigenvalue weighted by molar-refractivity contribution is 6.21. The molecule has 0 aliphatic carbocycles. The smallest absolute Gasteiger partial charge is 0.261 e. The number of anilines is 1. The monoisotopic (exact) mass is 413 g/mol. The quantitative estimate of drug-likeness (QED) is 0.660. The summed E-state index contributed by atoms with van der Waals surface area (Å²) < 4.78 is 0. The second-order valence-corrected chi connectivity index (χ2v) is 8.17. The number of nitrogens with one attached hydrogen (secondary N) is 1. The Morgan fingerprint density at radius 2 is 1.77 bits per heavy atom. The molecule has 3 aromatic rings. The molecule has 31 heavy (non-hydrogen) atoms. The summed E-state index contributed by atoms with van der Waals surface area (Å²) in [6, 6.07) is 19.8. The molecular formula is C25H23N3O3. The highest BCUT2D eigenvalue weighted by Gasteiger charge is 2.33. The number of amides is 3. The van der Waals surface area contributed by atoms with Crippen LogP contribution < -0.4 is 5.32 Å². The van der Waals surface area contributed by atoms with Crippen LogP contribution in [0.15, 0.2) is 60.7 Å². The van der Waals surface area contributed by atoms with Gasteiger partial charge in [0.1, 0.15) is 0 Å². The van der Waals surface area contributed by atoms with Crippen molar-refractivity contribution in [3.8, 4) is 0 Å². The number of likely N-dealkylation sites (tertiary alicyclic amines) is 1. The number of nitrogens with zero attached hydrogens (tertiary/aromatic N) is 2. The third-order valence-electron chi connectivity index (χ3n) is 6.27. The Kier molecular flexibility index (Phi) is 4.79. The van der Waals surface area contributed by atoms with Crippen LogP contribution in [0.5, 0.6) is 0 Å². The number of hydrogen-bond donors (Lipinski definition) is 1. The molecule has 0 aromatic heterocycles. The molecule has 0 saturated carbocycles. The Balaban J connectivity index is 1.33. The summed E-state index contributed by atoms with van der Waals surface area (Å²) in [4.78, 5) is 40.4. The Morgan fingerprint density at radius 1 is 1.00 bits per heavy atom. The van der Waals surface area contributed by atoms with E-state index in [4.69, 9.17) is 0 Å². The predicted octanol–water partition coefficient (Wildman–Crippen LogP) is 3.84. The molecule has 156 valence electrons. The number of carbonyl (C=O) groups excluding carboxylic acids is 3. The number of benzene rings is 3. The number of hydrogen-bond acceptors (Lipinski definition) is 4. The van der Waals surface area contributed by atoms with Gasteiger partial charge in [-0.25, -0.2) is 0 Å². The van der Waals surface area contributed by atoms with Gasteiger partial charge in [-0.05, 0) is 53.9 Å². The van der Waals surface area contributed by atoms with Crippen molar-refractivity contribution in [2.24, 2.45) is 0 Å². The lowest BCUT2D eigenvalue weighted by Gasteiger charge is -2.25. The Morgan fingerprint density at radius 3 is 2.65 bits per heavy atom. The van der Waals surface area contributed by atoms with Crippen molar-refractivity contribution < 1.29 is 14.4 Å². The molecule has 1 N–H and O–H groups in total. The molecule has 0 spiro atoms. The second-order valence-electron chi connectivity index (χ2n) is 8.17. The summed E-state index contributed by atoms with van der Waals surface area (Å²) in [7, 11) is 1.46. The first-order chi connectivity index (χ1) is 15.0. The van der Waals surface area contributed by atoms with E-state index in [-0.39, 0.29) is 30.3 Å². The molecular weight excluding hydrogens is 390 g/mol. The Labute approximate surface area is 180 Å². The van der Waals surface area contributed by atoms with Crippen LogP contribution >= 0.6 is 0 Å². The van der Waals surface area contributed by atoms with Gasteiger partial charge in [0, 0.05) is 18.8 Å². The van der Waals surface area contributed by atoms with Crippen molar-refractivity contribution in [1.82, 2.24) is 9.80 Å².